The molecule has 26 heavy (non-hydrogen) atoms. The highest BCUT2D eigenvalue weighted by atomic mass is 19.4. The summed E-state index contributed by atoms with van der Waals surface area (Å²) in [5.41, 5.74) is 1.76. The van der Waals surface area contributed by atoms with E-state index in [9.17, 15) is 18.3 Å². The molecule has 3 N–H and O–H groups in total. The zero-order chi connectivity index (χ0) is 18.5. The number of benzene rings is 1. The summed E-state index contributed by atoms with van der Waals surface area (Å²) in [7, 11) is 1.83. The third-order valence-electron chi connectivity index (χ3n) is 4.56. The lowest BCUT2D eigenvalue weighted by molar-refractivity contribution is -0.274. The van der Waals surface area contributed by atoms with Crippen LogP contribution in [0.2, 0.25) is 0 Å². The van der Waals surface area contributed by atoms with Gasteiger partial charge in [-0.15, -0.1) is 13.2 Å². The maximum Gasteiger partial charge on any atom is 0.573 e. The fraction of sp³-hybridized carbons (Fsp3) is 0.353. The van der Waals surface area contributed by atoms with Crippen LogP contribution in [0.15, 0.2) is 36.7 Å². The number of aryl methyl sites for hydroxylation is 1. The van der Waals surface area contributed by atoms with Gasteiger partial charge in [0.2, 0.25) is 0 Å². The van der Waals surface area contributed by atoms with Crippen molar-refractivity contribution >= 4 is 10.9 Å². The van der Waals surface area contributed by atoms with E-state index in [4.69, 9.17) is 0 Å². The second-order valence-electron chi connectivity index (χ2n) is 6.55. The molecule has 9 heteroatoms. The van der Waals surface area contributed by atoms with Crippen molar-refractivity contribution in [2.75, 3.05) is 0 Å². The van der Waals surface area contributed by atoms with Crippen molar-refractivity contribution in [1.29, 1.82) is 0 Å². The number of ether oxygens (including phenoxy) is 1. The Bertz CT molecular complexity index is 943. The monoisotopic (exact) mass is 366 g/mol. The molecule has 4 rings (SSSR count). The Kier molecular flexibility index (Phi) is 3.74. The molecule has 0 aliphatic heterocycles. The molecule has 0 saturated heterocycles. The van der Waals surface area contributed by atoms with Crippen molar-refractivity contribution in [2.24, 2.45) is 7.05 Å². The molecule has 1 saturated carbocycles. The molecule has 1 aromatic carbocycles. The van der Waals surface area contributed by atoms with Crippen LogP contribution in [0, 0.1) is 0 Å². The first-order valence-electron chi connectivity index (χ1n) is 8.07. The van der Waals surface area contributed by atoms with Crippen molar-refractivity contribution in [2.45, 2.75) is 31.0 Å². The lowest BCUT2D eigenvalue weighted by Gasteiger charge is -2.20. The number of nitrogens with zero attached hydrogens (tertiary/aromatic N) is 2. The van der Waals surface area contributed by atoms with Crippen LogP contribution in [0.25, 0.3) is 10.9 Å². The molecule has 0 spiro atoms. The van der Waals surface area contributed by atoms with Gasteiger partial charge < -0.3 is 14.8 Å². The molecule has 138 valence electrons. The van der Waals surface area contributed by atoms with Gasteiger partial charge in [0.25, 0.3) is 0 Å². The smallest absolute Gasteiger partial charge is 0.406 e. The molecule has 2 aromatic heterocycles. The Hall–Kier alpha value is -2.52. The quantitative estimate of drug-likeness (QED) is 0.607. The first-order chi connectivity index (χ1) is 12.2. The molecule has 3 aromatic rings. The zero-order valence-electron chi connectivity index (χ0n) is 13.8. The van der Waals surface area contributed by atoms with Gasteiger partial charge in [-0.05, 0) is 37.1 Å². The summed E-state index contributed by atoms with van der Waals surface area (Å²) in [6.07, 6.45) is -0.316. The number of aliphatic hydroxyl groups excluding tert-OH is 1. The third kappa shape index (κ3) is 3.27. The van der Waals surface area contributed by atoms with E-state index in [-0.39, 0.29) is 11.3 Å². The number of halogens is 3. The number of aliphatic hydroxyl groups is 1. The molecule has 0 radical (unpaired) electrons. The van der Waals surface area contributed by atoms with Crippen molar-refractivity contribution in [1.82, 2.24) is 20.1 Å². The van der Waals surface area contributed by atoms with E-state index in [1.165, 1.54) is 18.2 Å². The summed E-state index contributed by atoms with van der Waals surface area (Å²) >= 11 is 0. The molecular formula is C17H17F3N4O2. The van der Waals surface area contributed by atoms with Gasteiger partial charge in [-0.25, -0.2) is 0 Å². The largest absolute Gasteiger partial charge is 0.573 e. The summed E-state index contributed by atoms with van der Waals surface area (Å²) in [6.45, 7) is 0. The predicted octanol–water partition coefficient (Wildman–Crippen LogP) is 3.07. The van der Waals surface area contributed by atoms with Gasteiger partial charge in [0, 0.05) is 35.2 Å². The standard InChI is InChI=1S/C17H17F3N4O2/c1-24-9-11(8-21-24)16(4-5-16)23-15(25)14-7-10-6-12(26-17(18,19)20)2-3-13(10)22-14/h2-3,6-9,15,22-23,25H,4-5H2,1H3. The van der Waals surface area contributed by atoms with Crippen LogP contribution in [0.3, 0.4) is 0 Å². The summed E-state index contributed by atoms with van der Waals surface area (Å²) in [5, 5.41) is 18.4. The third-order valence-corrected chi connectivity index (χ3v) is 4.56. The van der Waals surface area contributed by atoms with Crippen LogP contribution in [0.1, 0.15) is 30.3 Å². The summed E-state index contributed by atoms with van der Waals surface area (Å²) in [5.74, 6) is -0.299. The average molecular weight is 366 g/mol. The Morgan fingerprint density at radius 2 is 2.12 bits per heavy atom. The molecule has 1 aliphatic carbocycles. The van der Waals surface area contributed by atoms with Crippen molar-refractivity contribution in [3.8, 4) is 5.75 Å². The van der Waals surface area contributed by atoms with Crippen LogP contribution in [0.5, 0.6) is 5.75 Å². The van der Waals surface area contributed by atoms with Gasteiger partial charge in [-0.3, -0.25) is 10.00 Å². The maximum absolute atomic E-state index is 12.3. The second kappa shape index (κ2) is 5.75. The van der Waals surface area contributed by atoms with Crippen LogP contribution in [-0.4, -0.2) is 26.2 Å². The molecule has 1 unspecified atom stereocenters. The summed E-state index contributed by atoms with van der Waals surface area (Å²) < 4.78 is 42.7. The maximum atomic E-state index is 12.3. The number of H-pyrrole nitrogens is 1. The molecule has 1 atom stereocenters. The lowest BCUT2D eigenvalue weighted by Crippen LogP contribution is -2.32. The van der Waals surface area contributed by atoms with Crippen molar-refractivity contribution in [3.05, 3.63) is 47.9 Å². The van der Waals surface area contributed by atoms with Gasteiger partial charge in [-0.2, -0.15) is 5.10 Å². The van der Waals surface area contributed by atoms with E-state index in [1.807, 2.05) is 13.2 Å². The molecule has 6 nitrogen and oxygen atoms in total. The number of hydrogen-bond acceptors (Lipinski definition) is 4. The van der Waals surface area contributed by atoms with E-state index in [0.717, 1.165) is 18.4 Å². The molecule has 1 fully saturated rings. The highest BCUT2D eigenvalue weighted by molar-refractivity contribution is 5.82. The average Bonchev–Trinajstić information content (AvgIpc) is 3.00. The van der Waals surface area contributed by atoms with Gasteiger partial charge in [-0.1, -0.05) is 0 Å². The Labute approximate surface area is 146 Å². The highest BCUT2D eigenvalue weighted by Crippen LogP contribution is 2.46. The van der Waals surface area contributed by atoms with Crippen LogP contribution < -0.4 is 10.1 Å². The molecule has 2 heterocycles. The normalized spacial score (nSPS) is 17.4. The first kappa shape index (κ1) is 16.9. The minimum Gasteiger partial charge on any atom is -0.406 e. The van der Waals surface area contributed by atoms with Crippen LogP contribution >= 0.6 is 0 Å². The zero-order valence-corrected chi connectivity index (χ0v) is 13.8. The van der Waals surface area contributed by atoms with Crippen molar-refractivity contribution < 1.29 is 23.0 Å². The number of nitrogens with one attached hydrogen (secondary N) is 2. The highest BCUT2D eigenvalue weighted by Gasteiger charge is 2.46. The summed E-state index contributed by atoms with van der Waals surface area (Å²) in [4.78, 5) is 3.02. The fourth-order valence-corrected chi connectivity index (χ4v) is 3.13. The van der Waals surface area contributed by atoms with Gasteiger partial charge in [0.05, 0.1) is 11.9 Å². The Morgan fingerprint density at radius 3 is 2.73 bits per heavy atom. The molecule has 0 amide bonds. The fourth-order valence-electron chi connectivity index (χ4n) is 3.13. The first-order valence-corrected chi connectivity index (χ1v) is 8.07. The molecular weight excluding hydrogens is 349 g/mol. The molecule has 0 bridgehead atoms. The summed E-state index contributed by atoms with van der Waals surface area (Å²) in [6, 6.07) is 5.60. The van der Waals surface area contributed by atoms with Gasteiger partial charge in [0.15, 0.2) is 0 Å². The van der Waals surface area contributed by atoms with E-state index in [2.05, 4.69) is 20.1 Å². The topological polar surface area (TPSA) is 75.1 Å². The van der Waals surface area contributed by atoms with Crippen LogP contribution in [-0.2, 0) is 12.6 Å². The van der Waals surface area contributed by atoms with Crippen LogP contribution in [0.4, 0.5) is 13.2 Å². The van der Waals surface area contributed by atoms with E-state index in [0.29, 0.717) is 16.6 Å². The predicted molar refractivity (Wildman–Crippen MR) is 87.2 cm³/mol. The van der Waals surface area contributed by atoms with E-state index in [1.54, 1.807) is 16.9 Å². The van der Waals surface area contributed by atoms with Gasteiger partial charge in [0.1, 0.15) is 12.0 Å². The minimum atomic E-state index is -4.74. The number of aromatic amines is 1. The number of hydrogen-bond donors (Lipinski definition) is 3. The Balaban J connectivity index is 1.54. The molecule has 1 aliphatic rings. The number of fused-ring (bicyclic) bond motifs is 1. The Morgan fingerprint density at radius 1 is 1.35 bits per heavy atom. The number of aromatic nitrogens is 3. The minimum absolute atomic E-state index is 0.299. The van der Waals surface area contributed by atoms with E-state index >= 15 is 0 Å². The van der Waals surface area contributed by atoms with Gasteiger partial charge >= 0.3 is 6.36 Å². The number of rotatable bonds is 5. The van der Waals surface area contributed by atoms with E-state index < -0.39 is 12.6 Å². The lowest BCUT2D eigenvalue weighted by atomic mass is 10.1. The van der Waals surface area contributed by atoms with Crippen molar-refractivity contribution in [3.63, 3.8) is 0 Å². The SMILES string of the molecule is Cn1cc(C2(NC(O)c3cc4cc(OC(F)(F)F)ccc4[nH]3)CC2)cn1. The number of alkyl halides is 3. The second-order valence-corrected chi connectivity index (χ2v) is 6.55.